The average Bonchev–Trinajstić information content (AvgIpc) is 3.69. The Morgan fingerprint density at radius 3 is 1.72 bits per heavy atom. The smallest absolute Gasteiger partial charge is 0.189 e. The lowest BCUT2D eigenvalue weighted by molar-refractivity contribution is 1.18. The fourth-order valence-corrected chi connectivity index (χ4v) is 7.38. The van der Waals surface area contributed by atoms with Crippen molar-refractivity contribution in [1.29, 1.82) is 0 Å². The van der Waals surface area contributed by atoms with Gasteiger partial charge in [-0.2, -0.15) is 0 Å². The van der Waals surface area contributed by atoms with Crippen molar-refractivity contribution in [3.8, 4) is 33.6 Å². The predicted octanol–water partition coefficient (Wildman–Crippen LogP) is 12.9. The molecule has 5 nitrogen and oxygen atoms in total. The van der Waals surface area contributed by atoms with Gasteiger partial charge in [0.2, 0.25) is 0 Å². The molecule has 0 bridgehead atoms. The summed E-state index contributed by atoms with van der Waals surface area (Å²) in [5.41, 5.74) is 11.7. The summed E-state index contributed by atoms with van der Waals surface area (Å²) in [5, 5.41) is 4.34. The van der Waals surface area contributed by atoms with Gasteiger partial charge in [-0.1, -0.05) is 97.1 Å². The largest absolute Gasteiger partial charge is 0.310 e. The van der Waals surface area contributed by atoms with Gasteiger partial charge in [0, 0.05) is 32.9 Å². The molecule has 50 heavy (non-hydrogen) atoms. The van der Waals surface area contributed by atoms with Crippen molar-refractivity contribution in [2.45, 2.75) is 0 Å². The van der Waals surface area contributed by atoms with Gasteiger partial charge in [-0.15, -0.1) is 0 Å². The van der Waals surface area contributed by atoms with Crippen molar-refractivity contribution in [3.63, 3.8) is 0 Å². The van der Waals surface area contributed by atoms with E-state index in [4.69, 9.17) is 19.7 Å². The Morgan fingerprint density at radius 1 is 0.360 bits per heavy atom. The number of fused-ring (bicyclic) bond motifs is 6. The SMILES string of the molecule is [C-]#[N+]c1ccc(-c2cccc(-n3c4ccccc4c4ccccc43)c2)c(-c2ccccc2-n2c3ccc([N+]#[C-])cc3c3ccc([N+]#[C-])cc32)c1. The second-order valence-corrected chi connectivity index (χ2v) is 12.2. The maximum absolute atomic E-state index is 7.92. The summed E-state index contributed by atoms with van der Waals surface area (Å²) in [7, 11) is 0. The summed E-state index contributed by atoms with van der Waals surface area (Å²) in [6, 6.07) is 51.2. The number of benzene rings is 7. The minimum Gasteiger partial charge on any atom is -0.310 e. The fraction of sp³-hybridized carbons (Fsp3) is 0. The third kappa shape index (κ3) is 4.38. The highest BCUT2D eigenvalue weighted by atomic mass is 15.0. The molecule has 0 unspecified atom stereocenters. The highest BCUT2D eigenvalue weighted by Gasteiger charge is 2.19. The van der Waals surface area contributed by atoms with Gasteiger partial charge in [0.1, 0.15) is 0 Å². The summed E-state index contributed by atoms with van der Waals surface area (Å²) in [6.45, 7) is 23.3. The van der Waals surface area contributed by atoms with E-state index in [0.717, 1.165) is 66.5 Å². The Labute approximate surface area is 288 Å². The third-order valence-electron chi connectivity index (χ3n) is 9.55. The maximum atomic E-state index is 7.92. The molecule has 0 fully saturated rings. The van der Waals surface area contributed by atoms with E-state index in [2.05, 4.69) is 115 Å². The molecular formula is C45H25N5. The Bertz CT molecular complexity index is 2920. The fourth-order valence-electron chi connectivity index (χ4n) is 7.38. The summed E-state index contributed by atoms with van der Waals surface area (Å²) >= 11 is 0. The number of para-hydroxylation sites is 3. The molecule has 7 aromatic carbocycles. The molecule has 0 aliphatic rings. The molecule has 5 heteroatoms. The first-order chi connectivity index (χ1) is 24.7. The van der Waals surface area contributed by atoms with Crippen LogP contribution in [0, 0.1) is 19.7 Å². The molecule has 0 aliphatic carbocycles. The van der Waals surface area contributed by atoms with Crippen LogP contribution < -0.4 is 0 Å². The normalized spacial score (nSPS) is 11.1. The predicted molar refractivity (Wildman–Crippen MR) is 205 cm³/mol. The van der Waals surface area contributed by atoms with Crippen molar-refractivity contribution in [3.05, 3.63) is 186 Å². The van der Waals surface area contributed by atoms with Crippen molar-refractivity contribution >= 4 is 60.7 Å². The molecule has 0 saturated heterocycles. The van der Waals surface area contributed by atoms with Gasteiger partial charge in [-0.25, -0.2) is 14.5 Å². The van der Waals surface area contributed by atoms with E-state index in [9.17, 15) is 0 Å². The van der Waals surface area contributed by atoms with Crippen LogP contribution in [0.3, 0.4) is 0 Å². The first-order valence-electron chi connectivity index (χ1n) is 16.2. The highest BCUT2D eigenvalue weighted by Crippen LogP contribution is 2.43. The lowest BCUT2D eigenvalue weighted by atomic mass is 9.92. The number of hydrogen-bond donors (Lipinski definition) is 0. The monoisotopic (exact) mass is 635 g/mol. The molecular weight excluding hydrogens is 611 g/mol. The van der Waals surface area contributed by atoms with Crippen molar-refractivity contribution in [2.24, 2.45) is 0 Å². The molecule has 0 saturated carbocycles. The summed E-state index contributed by atoms with van der Waals surface area (Å²) in [6.07, 6.45) is 0. The topological polar surface area (TPSA) is 22.9 Å². The highest BCUT2D eigenvalue weighted by molar-refractivity contribution is 6.12. The van der Waals surface area contributed by atoms with Gasteiger partial charge in [0.15, 0.2) is 17.1 Å². The van der Waals surface area contributed by atoms with Crippen LogP contribution in [-0.2, 0) is 0 Å². The summed E-state index contributed by atoms with van der Waals surface area (Å²) in [5.74, 6) is 0. The Morgan fingerprint density at radius 2 is 0.960 bits per heavy atom. The van der Waals surface area contributed by atoms with E-state index in [-0.39, 0.29) is 0 Å². The second kappa shape index (κ2) is 11.4. The van der Waals surface area contributed by atoms with Crippen molar-refractivity contribution in [1.82, 2.24) is 9.13 Å². The standard InChI is InChI=1S/C45H25N5/c1-46-30-19-22-34(29-11-10-12-33(25-29)49-41-16-7-4-13-35(41)36-14-5-8-17-42(36)49)39(26-30)37-15-6-9-18-43(37)50-44-24-21-31(47-2)27-40(44)38-23-20-32(48-3)28-45(38)50/h4-28H. The summed E-state index contributed by atoms with van der Waals surface area (Å²) in [4.78, 5) is 11.3. The molecule has 9 rings (SSSR count). The molecule has 0 spiro atoms. The zero-order chi connectivity index (χ0) is 33.8. The molecule has 2 heterocycles. The molecule has 0 atom stereocenters. The van der Waals surface area contributed by atoms with Crippen LogP contribution in [0.5, 0.6) is 0 Å². The Kier molecular flexibility index (Phi) is 6.56. The molecule has 2 aromatic heterocycles. The van der Waals surface area contributed by atoms with Crippen molar-refractivity contribution < 1.29 is 0 Å². The van der Waals surface area contributed by atoms with Crippen LogP contribution in [0.25, 0.3) is 91.8 Å². The Balaban J connectivity index is 1.30. The van der Waals surface area contributed by atoms with Gasteiger partial charge in [0.25, 0.3) is 0 Å². The minimum absolute atomic E-state index is 0.544. The van der Waals surface area contributed by atoms with E-state index in [1.165, 1.54) is 10.8 Å². The van der Waals surface area contributed by atoms with Gasteiger partial charge in [0.05, 0.1) is 42.0 Å². The van der Waals surface area contributed by atoms with Gasteiger partial charge < -0.3 is 9.13 Å². The minimum atomic E-state index is 0.544. The van der Waals surface area contributed by atoms with Crippen LogP contribution >= 0.6 is 0 Å². The third-order valence-corrected chi connectivity index (χ3v) is 9.55. The Hall–Kier alpha value is -7.39. The van der Waals surface area contributed by atoms with Gasteiger partial charge in [-0.05, 0) is 76.7 Å². The maximum Gasteiger partial charge on any atom is 0.189 e. The van der Waals surface area contributed by atoms with Crippen LogP contribution in [0.4, 0.5) is 17.1 Å². The van der Waals surface area contributed by atoms with E-state index in [1.807, 2.05) is 60.7 Å². The first-order valence-corrected chi connectivity index (χ1v) is 16.2. The molecule has 0 amide bonds. The lowest BCUT2D eigenvalue weighted by Gasteiger charge is -2.18. The number of nitrogens with zero attached hydrogens (tertiary/aromatic N) is 5. The van der Waals surface area contributed by atoms with Gasteiger partial charge in [-0.3, -0.25) is 0 Å². The second-order valence-electron chi connectivity index (χ2n) is 12.2. The van der Waals surface area contributed by atoms with E-state index in [1.54, 1.807) is 0 Å². The van der Waals surface area contributed by atoms with E-state index in [0.29, 0.717) is 17.1 Å². The van der Waals surface area contributed by atoms with Crippen LogP contribution in [0.2, 0.25) is 0 Å². The first kappa shape index (κ1) is 28.8. The zero-order valence-corrected chi connectivity index (χ0v) is 26.7. The molecule has 0 aliphatic heterocycles. The molecule has 0 N–H and O–H groups in total. The molecule has 230 valence electrons. The number of aromatic nitrogens is 2. The average molecular weight is 636 g/mol. The van der Waals surface area contributed by atoms with Crippen LogP contribution in [-0.4, -0.2) is 9.13 Å². The number of hydrogen-bond acceptors (Lipinski definition) is 0. The zero-order valence-electron chi connectivity index (χ0n) is 26.7. The van der Waals surface area contributed by atoms with Crippen LogP contribution in [0.1, 0.15) is 0 Å². The lowest BCUT2D eigenvalue weighted by Crippen LogP contribution is -1.98. The summed E-state index contributed by atoms with van der Waals surface area (Å²) < 4.78 is 4.50. The number of rotatable bonds is 4. The van der Waals surface area contributed by atoms with E-state index >= 15 is 0 Å². The van der Waals surface area contributed by atoms with E-state index < -0.39 is 0 Å². The molecule has 9 aromatic rings. The van der Waals surface area contributed by atoms with Gasteiger partial charge >= 0.3 is 0 Å². The van der Waals surface area contributed by atoms with Crippen molar-refractivity contribution in [2.75, 3.05) is 0 Å². The molecule has 0 radical (unpaired) electrons. The van der Waals surface area contributed by atoms with Crippen LogP contribution in [0.15, 0.2) is 152 Å². The quantitative estimate of drug-likeness (QED) is 0.172.